The van der Waals surface area contributed by atoms with E-state index >= 15 is 0 Å². The van der Waals surface area contributed by atoms with Gasteiger partial charge < -0.3 is 6.53 Å². The fourth-order valence-corrected chi connectivity index (χ4v) is 0.390. The maximum atomic E-state index is 11.1. The molecule has 0 rings (SSSR count). The maximum absolute atomic E-state index is 11.1. The molecular formula is C2H5F2NaO4S. The van der Waals surface area contributed by atoms with E-state index in [1.165, 1.54) is 0 Å². The van der Waals surface area contributed by atoms with Crippen molar-refractivity contribution in [2.75, 3.05) is 0 Å². The summed E-state index contributed by atoms with van der Waals surface area (Å²) in [5.41, 5.74) is -2.99. The third kappa shape index (κ3) is 4.53. The summed E-state index contributed by atoms with van der Waals surface area (Å²) in [7, 11) is -5.00. The third-order valence-corrected chi connectivity index (χ3v) is 1.34. The molecule has 0 bridgehead atoms. The maximum Gasteiger partial charge on any atom is 1.00 e. The van der Waals surface area contributed by atoms with Gasteiger partial charge in [-0.3, -0.25) is 4.55 Å². The molecule has 8 heteroatoms. The Morgan fingerprint density at radius 3 is 1.70 bits per heavy atom. The van der Waals surface area contributed by atoms with Crippen LogP contribution in [-0.4, -0.2) is 29.9 Å². The standard InChI is InChI=1S/C2H4F2O4S.Na.H/c3-1(4)2(5)9(6,7)8;;/h1-2,5H,(H,6,7,8);;/q;+1;-1. The number of hydrogen-bond donors (Lipinski definition) is 2. The molecule has 0 heterocycles. The van der Waals surface area contributed by atoms with Gasteiger partial charge in [-0.1, -0.05) is 0 Å². The van der Waals surface area contributed by atoms with Crippen molar-refractivity contribution in [2.45, 2.75) is 11.9 Å². The van der Waals surface area contributed by atoms with Gasteiger partial charge in [0, 0.05) is 0 Å². The van der Waals surface area contributed by atoms with Gasteiger partial charge in [-0.25, -0.2) is 8.78 Å². The molecule has 0 aromatic carbocycles. The molecule has 58 valence electrons. The zero-order chi connectivity index (χ0) is 7.65. The molecule has 0 aliphatic carbocycles. The Kier molecular flexibility index (Phi) is 6.10. The molecule has 0 aliphatic heterocycles. The third-order valence-electron chi connectivity index (χ3n) is 0.521. The molecule has 0 aromatic rings. The van der Waals surface area contributed by atoms with E-state index in [0.717, 1.165) is 0 Å². The van der Waals surface area contributed by atoms with E-state index in [-0.39, 0.29) is 31.0 Å². The number of alkyl halides is 2. The second-order valence-corrected chi connectivity index (χ2v) is 2.75. The fraction of sp³-hybridized carbons (Fsp3) is 1.00. The van der Waals surface area contributed by atoms with Crippen LogP contribution in [0.25, 0.3) is 0 Å². The van der Waals surface area contributed by atoms with Crippen LogP contribution in [0.3, 0.4) is 0 Å². The van der Waals surface area contributed by atoms with E-state index < -0.39 is 22.0 Å². The minimum atomic E-state index is -5.00. The first-order valence-corrected chi connectivity index (χ1v) is 3.28. The Hall–Kier alpha value is 0.730. The molecule has 0 amide bonds. The molecule has 0 spiro atoms. The molecule has 1 unspecified atom stereocenters. The van der Waals surface area contributed by atoms with Crippen LogP contribution >= 0.6 is 0 Å². The molecule has 1 atom stereocenters. The largest absolute Gasteiger partial charge is 1.00 e. The van der Waals surface area contributed by atoms with Crippen molar-refractivity contribution >= 4 is 10.1 Å². The number of aliphatic hydroxyl groups is 1. The summed E-state index contributed by atoms with van der Waals surface area (Å²) in [4.78, 5) is 0. The van der Waals surface area contributed by atoms with Gasteiger partial charge in [-0.15, -0.1) is 0 Å². The molecule has 0 aliphatic rings. The fourth-order valence-electron chi connectivity index (χ4n) is 0.130. The summed E-state index contributed by atoms with van der Waals surface area (Å²) in [5.74, 6) is 0. The van der Waals surface area contributed by atoms with Gasteiger partial charge in [0.2, 0.25) is 5.44 Å². The van der Waals surface area contributed by atoms with Crippen LogP contribution in [0, 0.1) is 0 Å². The molecular weight excluding hydrogens is 181 g/mol. The van der Waals surface area contributed by atoms with Crippen LogP contribution in [0.1, 0.15) is 1.43 Å². The Balaban J connectivity index is -0.000000320. The van der Waals surface area contributed by atoms with E-state index in [9.17, 15) is 17.2 Å². The summed E-state index contributed by atoms with van der Waals surface area (Å²) in [5, 5.41) is 7.88. The van der Waals surface area contributed by atoms with E-state index in [4.69, 9.17) is 9.66 Å². The smallest absolute Gasteiger partial charge is 1.00 e. The Morgan fingerprint density at radius 1 is 1.40 bits per heavy atom. The second-order valence-electron chi connectivity index (χ2n) is 1.24. The number of aliphatic hydroxyl groups excluding tert-OH is 1. The van der Waals surface area contributed by atoms with Gasteiger partial charge >= 0.3 is 29.6 Å². The van der Waals surface area contributed by atoms with Crippen molar-refractivity contribution in [3.63, 3.8) is 0 Å². The number of hydrogen-bond acceptors (Lipinski definition) is 3. The van der Waals surface area contributed by atoms with E-state index in [1.807, 2.05) is 0 Å². The number of rotatable bonds is 2. The average Bonchev–Trinajstić information content (AvgIpc) is 1.62. The average molecular weight is 186 g/mol. The van der Waals surface area contributed by atoms with Crippen molar-refractivity contribution in [1.82, 2.24) is 0 Å². The first-order valence-electron chi connectivity index (χ1n) is 1.78. The Morgan fingerprint density at radius 2 is 1.70 bits per heavy atom. The van der Waals surface area contributed by atoms with Gasteiger partial charge in [0.1, 0.15) is 0 Å². The van der Waals surface area contributed by atoms with Crippen LogP contribution in [0.15, 0.2) is 0 Å². The summed E-state index contributed by atoms with van der Waals surface area (Å²) in [6, 6.07) is 0. The van der Waals surface area contributed by atoms with Crippen molar-refractivity contribution in [2.24, 2.45) is 0 Å². The van der Waals surface area contributed by atoms with E-state index in [0.29, 0.717) is 0 Å². The molecule has 0 fully saturated rings. The van der Waals surface area contributed by atoms with Crippen LogP contribution in [-0.2, 0) is 10.1 Å². The normalized spacial score (nSPS) is 14.5. The first-order chi connectivity index (χ1) is 3.85. The molecule has 0 aromatic heterocycles. The van der Waals surface area contributed by atoms with Crippen molar-refractivity contribution in [3.8, 4) is 0 Å². The molecule has 2 N–H and O–H groups in total. The van der Waals surface area contributed by atoms with Gasteiger partial charge in [0.25, 0.3) is 16.5 Å². The quantitative estimate of drug-likeness (QED) is 0.348. The SMILES string of the molecule is O=S(=O)(O)C(O)C(F)F.[H-].[Na+]. The van der Waals surface area contributed by atoms with Gasteiger partial charge in [0.15, 0.2) is 0 Å². The Bertz CT molecular complexity index is 183. The molecule has 10 heavy (non-hydrogen) atoms. The summed E-state index contributed by atoms with van der Waals surface area (Å²) in [6.07, 6.45) is -3.47. The van der Waals surface area contributed by atoms with Crippen LogP contribution < -0.4 is 29.6 Å². The van der Waals surface area contributed by atoms with Crippen molar-refractivity contribution < 1.29 is 57.8 Å². The first kappa shape index (κ1) is 13.3. The minimum Gasteiger partial charge on any atom is -1.00 e. The predicted octanol–water partition coefficient (Wildman–Crippen LogP) is -3.43. The minimum absolute atomic E-state index is 0. The topological polar surface area (TPSA) is 74.6 Å². The predicted molar refractivity (Wildman–Crippen MR) is 24.7 cm³/mol. The zero-order valence-electron chi connectivity index (χ0n) is 6.03. The molecule has 4 nitrogen and oxygen atoms in total. The molecule has 0 radical (unpaired) electrons. The van der Waals surface area contributed by atoms with E-state index in [2.05, 4.69) is 0 Å². The van der Waals surface area contributed by atoms with Crippen molar-refractivity contribution in [1.29, 1.82) is 0 Å². The van der Waals surface area contributed by atoms with Crippen LogP contribution in [0.2, 0.25) is 0 Å². The Labute approximate surface area is 79.8 Å². The summed E-state index contributed by atoms with van der Waals surface area (Å²) >= 11 is 0. The second kappa shape index (κ2) is 4.58. The summed E-state index contributed by atoms with van der Waals surface area (Å²) in [6.45, 7) is 0. The zero-order valence-corrected chi connectivity index (χ0v) is 7.85. The van der Waals surface area contributed by atoms with Gasteiger partial charge in [0.05, 0.1) is 0 Å². The molecule has 0 saturated carbocycles. The van der Waals surface area contributed by atoms with Gasteiger partial charge in [-0.05, 0) is 0 Å². The van der Waals surface area contributed by atoms with Gasteiger partial charge in [-0.2, -0.15) is 8.42 Å². The molecule has 0 saturated heterocycles. The summed E-state index contributed by atoms with van der Waals surface area (Å²) < 4.78 is 49.2. The van der Waals surface area contributed by atoms with Crippen molar-refractivity contribution in [3.05, 3.63) is 0 Å². The van der Waals surface area contributed by atoms with Crippen LogP contribution in [0.4, 0.5) is 8.78 Å². The monoisotopic (exact) mass is 186 g/mol. The van der Waals surface area contributed by atoms with E-state index in [1.54, 1.807) is 0 Å². The number of halogens is 2. The van der Waals surface area contributed by atoms with Crippen LogP contribution in [0.5, 0.6) is 0 Å².